The highest BCUT2D eigenvalue weighted by molar-refractivity contribution is 7.80. The fraction of sp³-hybridized carbons (Fsp3) is 0.385. The molecule has 6 nitrogen and oxygen atoms in total. The first-order valence-corrected chi connectivity index (χ1v) is 12.3. The first-order valence-electron chi connectivity index (χ1n) is 11.9. The predicted molar refractivity (Wildman–Crippen MR) is 143 cm³/mol. The van der Waals surface area contributed by atoms with Gasteiger partial charge in [0, 0.05) is 69.1 Å². The van der Waals surface area contributed by atoms with Crippen LogP contribution in [0.2, 0.25) is 0 Å². The molecule has 8 heteroatoms. The molecule has 0 amide bonds. The molecule has 3 heterocycles. The van der Waals surface area contributed by atoms with Crippen LogP contribution in [0, 0.1) is 12.7 Å². The van der Waals surface area contributed by atoms with Gasteiger partial charge in [0.25, 0.3) is 0 Å². The van der Waals surface area contributed by atoms with E-state index < -0.39 is 0 Å². The first kappa shape index (κ1) is 22.8. The van der Waals surface area contributed by atoms with E-state index >= 15 is 0 Å². The summed E-state index contributed by atoms with van der Waals surface area (Å²) in [6.45, 7) is 9.66. The molecule has 0 unspecified atom stereocenters. The molecule has 0 atom stereocenters. The Balaban J connectivity index is 1.23. The molecular weight excluding hydrogens is 447 g/mol. The van der Waals surface area contributed by atoms with Crippen LogP contribution in [0.1, 0.15) is 5.56 Å². The maximum Gasteiger partial charge on any atom is 0.173 e. The number of aromatic nitrogens is 1. The molecule has 178 valence electrons. The molecule has 0 spiro atoms. The highest BCUT2D eigenvalue weighted by Gasteiger charge is 2.20. The smallest absolute Gasteiger partial charge is 0.173 e. The highest BCUT2D eigenvalue weighted by Crippen LogP contribution is 2.26. The Morgan fingerprint density at radius 3 is 2.26 bits per heavy atom. The standard InChI is InChI=1S/C26H31FN6S/c1-19-17-25(32-11-9-30(2)10-12-32)29-24-8-5-21(18-23(19)24)28-26(34)33-15-13-31(14-16-33)22-6-3-20(27)4-7-22/h3-8,17-18H,9-16H2,1-2H3,(H,28,34). The van der Waals surface area contributed by atoms with Crippen molar-refractivity contribution in [2.45, 2.75) is 6.92 Å². The van der Waals surface area contributed by atoms with E-state index in [2.05, 4.69) is 63.2 Å². The number of aryl methyl sites for hydroxylation is 1. The maximum atomic E-state index is 13.2. The van der Waals surface area contributed by atoms with Crippen LogP contribution in [0.4, 0.5) is 21.6 Å². The SMILES string of the molecule is Cc1cc(N2CCN(C)CC2)nc2ccc(NC(=S)N3CCN(c4ccc(F)cc4)CC3)cc12. The van der Waals surface area contributed by atoms with E-state index in [9.17, 15) is 4.39 Å². The number of fused-ring (bicyclic) bond motifs is 1. The lowest BCUT2D eigenvalue weighted by molar-refractivity contribution is 0.312. The van der Waals surface area contributed by atoms with Gasteiger partial charge in [-0.3, -0.25) is 0 Å². The summed E-state index contributed by atoms with van der Waals surface area (Å²) in [7, 11) is 2.17. The van der Waals surface area contributed by atoms with Crippen molar-refractivity contribution in [1.82, 2.24) is 14.8 Å². The topological polar surface area (TPSA) is 37.9 Å². The van der Waals surface area contributed by atoms with Crippen molar-refractivity contribution in [2.75, 3.05) is 74.5 Å². The second kappa shape index (κ2) is 9.72. The van der Waals surface area contributed by atoms with E-state index in [1.54, 1.807) is 0 Å². The van der Waals surface area contributed by atoms with Gasteiger partial charge in [-0.1, -0.05) is 0 Å². The summed E-state index contributed by atoms with van der Waals surface area (Å²) in [6.07, 6.45) is 0. The number of halogens is 1. The van der Waals surface area contributed by atoms with Crippen LogP contribution >= 0.6 is 12.2 Å². The largest absolute Gasteiger partial charge is 0.368 e. The molecule has 1 aromatic heterocycles. The third-order valence-corrected chi connectivity index (χ3v) is 7.20. The van der Waals surface area contributed by atoms with Crippen molar-refractivity contribution in [1.29, 1.82) is 0 Å². The third kappa shape index (κ3) is 4.93. The summed E-state index contributed by atoms with van der Waals surface area (Å²) in [5.74, 6) is 0.859. The molecule has 0 radical (unpaired) electrons. The van der Waals surface area contributed by atoms with E-state index in [-0.39, 0.29) is 5.82 Å². The van der Waals surface area contributed by atoms with Crippen LogP contribution in [0.25, 0.3) is 10.9 Å². The van der Waals surface area contributed by atoms with E-state index in [1.165, 1.54) is 17.7 Å². The lowest BCUT2D eigenvalue weighted by Gasteiger charge is -2.37. The van der Waals surface area contributed by atoms with Crippen molar-refractivity contribution in [3.05, 3.63) is 59.9 Å². The fourth-order valence-electron chi connectivity index (χ4n) is 4.67. The van der Waals surface area contributed by atoms with Crippen molar-refractivity contribution in [3.8, 4) is 0 Å². The normalized spacial score (nSPS) is 17.3. The average molecular weight is 479 g/mol. The van der Waals surface area contributed by atoms with E-state index in [0.717, 1.165) is 85.6 Å². The van der Waals surface area contributed by atoms with E-state index in [1.807, 2.05) is 12.1 Å². The van der Waals surface area contributed by atoms with Crippen LogP contribution < -0.4 is 15.1 Å². The summed E-state index contributed by atoms with van der Waals surface area (Å²) < 4.78 is 13.2. The van der Waals surface area contributed by atoms with Crippen LogP contribution in [0.5, 0.6) is 0 Å². The van der Waals surface area contributed by atoms with Crippen LogP contribution in [0.15, 0.2) is 48.5 Å². The predicted octanol–water partition coefficient (Wildman–Crippen LogP) is 3.95. The van der Waals surface area contributed by atoms with E-state index in [0.29, 0.717) is 0 Å². The van der Waals surface area contributed by atoms with Crippen LogP contribution in [-0.4, -0.2) is 79.3 Å². The Labute approximate surface area is 206 Å². The molecule has 2 aliphatic rings. The molecule has 2 aromatic carbocycles. The second-order valence-corrected chi connectivity index (χ2v) is 9.59. The summed E-state index contributed by atoms with van der Waals surface area (Å²) in [6, 6.07) is 15.2. The highest BCUT2D eigenvalue weighted by atomic mass is 32.1. The minimum Gasteiger partial charge on any atom is -0.368 e. The Kier molecular flexibility index (Phi) is 6.52. The number of hydrogen-bond acceptors (Lipinski definition) is 5. The number of likely N-dealkylation sites (N-methyl/N-ethyl adjacent to an activating group) is 1. The molecule has 1 N–H and O–H groups in total. The molecule has 2 saturated heterocycles. The molecule has 0 aliphatic carbocycles. The minimum absolute atomic E-state index is 0.205. The molecule has 3 aromatic rings. The monoisotopic (exact) mass is 478 g/mol. The number of anilines is 3. The number of nitrogens with one attached hydrogen (secondary N) is 1. The van der Waals surface area contributed by atoms with Crippen molar-refractivity contribution >= 4 is 45.4 Å². The number of nitrogens with zero attached hydrogens (tertiary/aromatic N) is 5. The molecule has 2 aliphatic heterocycles. The van der Waals surface area contributed by atoms with Crippen molar-refractivity contribution < 1.29 is 4.39 Å². The number of thiocarbonyl (C=S) groups is 1. The Morgan fingerprint density at radius 2 is 1.56 bits per heavy atom. The third-order valence-electron chi connectivity index (χ3n) is 6.84. The van der Waals surface area contributed by atoms with Crippen LogP contribution in [-0.2, 0) is 0 Å². The number of pyridine rings is 1. The Bertz CT molecular complexity index is 1170. The lowest BCUT2D eigenvalue weighted by Crippen LogP contribution is -2.50. The molecule has 0 bridgehead atoms. The number of benzene rings is 2. The van der Waals surface area contributed by atoms with E-state index in [4.69, 9.17) is 17.2 Å². The van der Waals surface area contributed by atoms with Gasteiger partial charge in [-0.15, -0.1) is 0 Å². The molecular formula is C26H31FN6S. The van der Waals surface area contributed by atoms with Gasteiger partial charge in [-0.2, -0.15) is 0 Å². The lowest BCUT2D eigenvalue weighted by atomic mass is 10.1. The van der Waals surface area contributed by atoms with Crippen molar-refractivity contribution in [2.24, 2.45) is 0 Å². The van der Waals surface area contributed by atoms with Gasteiger partial charge >= 0.3 is 0 Å². The zero-order valence-corrected chi connectivity index (χ0v) is 20.6. The zero-order valence-electron chi connectivity index (χ0n) is 19.8. The number of piperazine rings is 2. The van der Waals surface area contributed by atoms with Gasteiger partial charge < -0.3 is 24.9 Å². The van der Waals surface area contributed by atoms with Gasteiger partial charge in [0.1, 0.15) is 11.6 Å². The number of hydrogen-bond donors (Lipinski definition) is 1. The summed E-state index contributed by atoms with van der Waals surface area (Å²) >= 11 is 5.72. The Morgan fingerprint density at radius 1 is 0.882 bits per heavy atom. The molecule has 2 fully saturated rings. The maximum absolute atomic E-state index is 13.2. The first-order chi connectivity index (χ1) is 16.5. The average Bonchev–Trinajstić information content (AvgIpc) is 2.85. The van der Waals surface area contributed by atoms with Crippen LogP contribution in [0.3, 0.4) is 0 Å². The van der Waals surface area contributed by atoms with Crippen molar-refractivity contribution in [3.63, 3.8) is 0 Å². The fourth-order valence-corrected chi connectivity index (χ4v) is 4.97. The van der Waals surface area contributed by atoms with Gasteiger partial charge in [0.05, 0.1) is 5.52 Å². The van der Waals surface area contributed by atoms with Gasteiger partial charge in [0.2, 0.25) is 0 Å². The Hall–Kier alpha value is -2.97. The van der Waals surface area contributed by atoms with Gasteiger partial charge in [0.15, 0.2) is 5.11 Å². The minimum atomic E-state index is -0.205. The summed E-state index contributed by atoms with van der Waals surface area (Å²) in [5.41, 5.74) is 4.27. The zero-order chi connectivity index (χ0) is 23.7. The second-order valence-electron chi connectivity index (χ2n) is 9.20. The molecule has 5 rings (SSSR count). The molecule has 0 saturated carbocycles. The van der Waals surface area contributed by atoms with Gasteiger partial charge in [-0.25, -0.2) is 9.37 Å². The van der Waals surface area contributed by atoms with Gasteiger partial charge in [-0.05, 0) is 80.3 Å². The summed E-state index contributed by atoms with van der Waals surface area (Å²) in [5, 5.41) is 5.30. The summed E-state index contributed by atoms with van der Waals surface area (Å²) in [4.78, 5) is 14.1. The quantitative estimate of drug-likeness (QED) is 0.572. The number of rotatable bonds is 3. The molecule has 34 heavy (non-hydrogen) atoms.